The van der Waals surface area contributed by atoms with E-state index >= 15 is 0 Å². The van der Waals surface area contributed by atoms with Crippen LogP contribution in [0.5, 0.6) is 0 Å². The van der Waals surface area contributed by atoms with Gasteiger partial charge in [-0.25, -0.2) is 0 Å². The van der Waals surface area contributed by atoms with Gasteiger partial charge in [-0.2, -0.15) is 5.10 Å². The highest BCUT2D eigenvalue weighted by Crippen LogP contribution is 2.14. The van der Waals surface area contributed by atoms with Gasteiger partial charge in [0.05, 0.1) is 6.20 Å². The minimum Gasteiger partial charge on any atom is -0.311 e. The summed E-state index contributed by atoms with van der Waals surface area (Å²) in [6.07, 6.45) is 5.29. The second-order valence-electron chi connectivity index (χ2n) is 4.82. The Kier molecular flexibility index (Phi) is 3.61. The van der Waals surface area contributed by atoms with E-state index in [1.54, 1.807) is 0 Å². The first-order valence-electron chi connectivity index (χ1n) is 6.14. The van der Waals surface area contributed by atoms with Crippen molar-refractivity contribution < 1.29 is 0 Å². The molecule has 0 aromatic carbocycles. The van der Waals surface area contributed by atoms with Gasteiger partial charge < -0.3 is 5.32 Å². The van der Waals surface area contributed by atoms with Crippen molar-refractivity contribution in [2.45, 2.75) is 38.9 Å². The van der Waals surface area contributed by atoms with Crippen LogP contribution in [0.4, 0.5) is 0 Å². The third kappa shape index (κ3) is 2.62. The Balaban J connectivity index is 2.00. The highest BCUT2D eigenvalue weighted by atomic mass is 15.3. The minimum absolute atomic E-state index is 0.597. The average molecular weight is 222 g/mol. The van der Waals surface area contributed by atoms with Gasteiger partial charge in [-0.15, -0.1) is 0 Å². The first kappa shape index (κ1) is 11.6. The summed E-state index contributed by atoms with van der Waals surface area (Å²) in [5.41, 5.74) is 1.31. The van der Waals surface area contributed by atoms with Crippen molar-refractivity contribution in [3.05, 3.63) is 18.0 Å². The second kappa shape index (κ2) is 4.97. The van der Waals surface area contributed by atoms with Crippen LogP contribution in [0.3, 0.4) is 0 Å². The highest BCUT2D eigenvalue weighted by Gasteiger charge is 2.24. The van der Waals surface area contributed by atoms with E-state index in [4.69, 9.17) is 0 Å². The maximum absolute atomic E-state index is 4.23. The Labute approximate surface area is 97.6 Å². The zero-order valence-corrected chi connectivity index (χ0v) is 10.5. The Morgan fingerprint density at radius 3 is 3.00 bits per heavy atom. The van der Waals surface area contributed by atoms with Gasteiger partial charge in [-0.1, -0.05) is 6.92 Å². The number of hydrogen-bond donors (Lipinski definition) is 1. The molecule has 1 aliphatic heterocycles. The normalized spacial score (nSPS) is 27.2. The predicted octanol–water partition coefficient (Wildman–Crippen LogP) is 0.992. The molecule has 2 rings (SSSR count). The van der Waals surface area contributed by atoms with Crippen molar-refractivity contribution in [3.63, 3.8) is 0 Å². The van der Waals surface area contributed by atoms with Gasteiger partial charge in [0.1, 0.15) is 0 Å². The van der Waals surface area contributed by atoms with Crippen LogP contribution in [0.2, 0.25) is 0 Å². The van der Waals surface area contributed by atoms with E-state index in [1.807, 2.05) is 17.9 Å². The molecule has 0 amide bonds. The zero-order chi connectivity index (χ0) is 11.5. The molecule has 2 heterocycles. The third-order valence-electron chi connectivity index (χ3n) is 3.34. The fourth-order valence-corrected chi connectivity index (χ4v) is 2.42. The molecule has 0 bridgehead atoms. The van der Waals surface area contributed by atoms with Crippen molar-refractivity contribution in [1.29, 1.82) is 0 Å². The molecule has 4 nitrogen and oxygen atoms in total. The fraction of sp³-hybridized carbons (Fsp3) is 0.750. The predicted molar refractivity (Wildman–Crippen MR) is 65.2 cm³/mol. The SMILES string of the molecule is CCC1CNC(C)CN1Cc1cnn(C)c1. The lowest BCUT2D eigenvalue weighted by Gasteiger charge is -2.38. The van der Waals surface area contributed by atoms with Crippen molar-refractivity contribution in [3.8, 4) is 0 Å². The van der Waals surface area contributed by atoms with Gasteiger partial charge in [0, 0.05) is 50.5 Å². The first-order valence-corrected chi connectivity index (χ1v) is 6.14. The van der Waals surface area contributed by atoms with Gasteiger partial charge in [-0.05, 0) is 13.3 Å². The summed E-state index contributed by atoms with van der Waals surface area (Å²) in [7, 11) is 1.97. The molecule has 2 atom stereocenters. The number of rotatable bonds is 3. The summed E-state index contributed by atoms with van der Waals surface area (Å²) in [6.45, 7) is 7.78. The summed E-state index contributed by atoms with van der Waals surface area (Å²) in [6, 6.07) is 1.26. The average Bonchev–Trinajstić information content (AvgIpc) is 2.64. The van der Waals surface area contributed by atoms with E-state index in [9.17, 15) is 0 Å². The van der Waals surface area contributed by atoms with Crippen LogP contribution >= 0.6 is 0 Å². The lowest BCUT2D eigenvalue weighted by atomic mass is 10.1. The molecule has 0 saturated carbocycles. The summed E-state index contributed by atoms with van der Waals surface area (Å²) in [4.78, 5) is 2.57. The van der Waals surface area contributed by atoms with Gasteiger partial charge in [0.25, 0.3) is 0 Å². The minimum atomic E-state index is 0.597. The zero-order valence-electron chi connectivity index (χ0n) is 10.5. The summed E-state index contributed by atoms with van der Waals surface area (Å²) < 4.78 is 1.88. The van der Waals surface area contributed by atoms with Crippen LogP contribution < -0.4 is 5.32 Å². The number of nitrogens with one attached hydrogen (secondary N) is 1. The molecule has 16 heavy (non-hydrogen) atoms. The number of aromatic nitrogens is 2. The molecule has 4 heteroatoms. The molecular weight excluding hydrogens is 200 g/mol. The molecule has 1 aromatic rings. The Morgan fingerprint density at radius 1 is 1.56 bits per heavy atom. The van der Waals surface area contributed by atoms with E-state index in [1.165, 1.54) is 12.0 Å². The number of nitrogens with zero attached hydrogens (tertiary/aromatic N) is 3. The number of aryl methyl sites for hydroxylation is 1. The molecule has 1 saturated heterocycles. The molecular formula is C12H22N4. The first-order chi connectivity index (χ1) is 7.69. The Morgan fingerprint density at radius 2 is 2.38 bits per heavy atom. The smallest absolute Gasteiger partial charge is 0.0534 e. The third-order valence-corrected chi connectivity index (χ3v) is 3.34. The molecule has 1 N–H and O–H groups in total. The van der Waals surface area contributed by atoms with E-state index in [0.717, 1.165) is 19.6 Å². The number of hydrogen-bond acceptors (Lipinski definition) is 3. The molecule has 1 aromatic heterocycles. The lowest BCUT2D eigenvalue weighted by Crippen LogP contribution is -2.54. The van der Waals surface area contributed by atoms with Crippen LogP contribution in [-0.4, -0.2) is 39.9 Å². The quantitative estimate of drug-likeness (QED) is 0.828. The van der Waals surface area contributed by atoms with Gasteiger partial charge in [0.15, 0.2) is 0 Å². The molecule has 1 fully saturated rings. The summed E-state index contributed by atoms with van der Waals surface area (Å²) in [5.74, 6) is 0. The topological polar surface area (TPSA) is 33.1 Å². The molecule has 0 radical (unpaired) electrons. The summed E-state index contributed by atoms with van der Waals surface area (Å²) in [5, 5.41) is 7.77. The van der Waals surface area contributed by atoms with Gasteiger partial charge in [-0.3, -0.25) is 9.58 Å². The lowest BCUT2D eigenvalue weighted by molar-refractivity contribution is 0.124. The molecule has 90 valence electrons. The Bertz CT molecular complexity index is 334. The standard InChI is InChI=1S/C12H22N4/c1-4-12-6-13-10(2)7-16(12)9-11-5-14-15(3)8-11/h5,8,10,12-13H,4,6-7,9H2,1-3H3. The van der Waals surface area contributed by atoms with E-state index in [-0.39, 0.29) is 0 Å². The van der Waals surface area contributed by atoms with Gasteiger partial charge >= 0.3 is 0 Å². The van der Waals surface area contributed by atoms with Crippen molar-refractivity contribution in [1.82, 2.24) is 20.0 Å². The van der Waals surface area contributed by atoms with Crippen LogP contribution in [0, 0.1) is 0 Å². The molecule has 0 spiro atoms. The van der Waals surface area contributed by atoms with Crippen molar-refractivity contribution in [2.24, 2.45) is 7.05 Å². The largest absolute Gasteiger partial charge is 0.311 e. The monoisotopic (exact) mass is 222 g/mol. The summed E-state index contributed by atoms with van der Waals surface area (Å²) >= 11 is 0. The molecule has 1 aliphatic rings. The molecule has 2 unspecified atom stereocenters. The van der Waals surface area contributed by atoms with Gasteiger partial charge in [0.2, 0.25) is 0 Å². The second-order valence-corrected chi connectivity index (χ2v) is 4.82. The highest BCUT2D eigenvalue weighted by molar-refractivity contribution is 5.04. The van der Waals surface area contributed by atoms with Crippen LogP contribution in [0.15, 0.2) is 12.4 Å². The number of piperazine rings is 1. The van der Waals surface area contributed by atoms with Crippen LogP contribution in [-0.2, 0) is 13.6 Å². The van der Waals surface area contributed by atoms with E-state index in [0.29, 0.717) is 12.1 Å². The van der Waals surface area contributed by atoms with Crippen LogP contribution in [0.25, 0.3) is 0 Å². The van der Waals surface area contributed by atoms with Crippen LogP contribution in [0.1, 0.15) is 25.8 Å². The maximum Gasteiger partial charge on any atom is 0.0534 e. The van der Waals surface area contributed by atoms with E-state index < -0.39 is 0 Å². The van der Waals surface area contributed by atoms with E-state index in [2.05, 4.69) is 35.4 Å². The maximum atomic E-state index is 4.23. The van der Waals surface area contributed by atoms with Crippen molar-refractivity contribution in [2.75, 3.05) is 13.1 Å². The van der Waals surface area contributed by atoms with Crippen molar-refractivity contribution >= 4 is 0 Å². The molecule has 0 aliphatic carbocycles. The fourth-order valence-electron chi connectivity index (χ4n) is 2.42. The Hall–Kier alpha value is -0.870.